The highest BCUT2D eigenvalue weighted by atomic mass is 32.1. The molecule has 10 rings (SSSR count). The number of nitrogens with zero attached hydrogens (tertiary/aromatic N) is 4. The van der Waals surface area contributed by atoms with Crippen LogP contribution in [0.15, 0.2) is 133 Å². The van der Waals surface area contributed by atoms with E-state index in [0.717, 1.165) is 49.9 Å². The zero-order chi connectivity index (χ0) is 30.9. The molecule has 0 aliphatic rings. The summed E-state index contributed by atoms with van der Waals surface area (Å²) in [6.07, 6.45) is 0. The van der Waals surface area contributed by atoms with Crippen LogP contribution >= 0.6 is 22.7 Å². The molecule has 5 nitrogen and oxygen atoms in total. The highest BCUT2D eigenvalue weighted by Gasteiger charge is 2.20. The van der Waals surface area contributed by atoms with E-state index in [1.807, 2.05) is 47.7 Å². The highest BCUT2D eigenvalue weighted by molar-refractivity contribution is 7.26. The minimum atomic E-state index is 0.647. The molecule has 47 heavy (non-hydrogen) atoms. The maximum atomic E-state index is 5.21. The van der Waals surface area contributed by atoms with Crippen LogP contribution in [0, 0.1) is 0 Å². The number of aromatic nitrogens is 5. The van der Waals surface area contributed by atoms with E-state index in [4.69, 9.17) is 19.9 Å². The molecule has 0 aliphatic heterocycles. The Hall–Kier alpha value is -5.76. The number of nitrogens with one attached hydrogen (secondary N) is 1. The summed E-state index contributed by atoms with van der Waals surface area (Å²) in [5, 5.41) is 4.74. The number of hydrogen-bond acceptors (Lipinski definition) is 6. The maximum absolute atomic E-state index is 5.21. The Morgan fingerprint density at radius 3 is 1.91 bits per heavy atom. The first-order valence-electron chi connectivity index (χ1n) is 15.4. The molecule has 0 unspecified atom stereocenters. The molecule has 4 aromatic heterocycles. The van der Waals surface area contributed by atoms with Crippen LogP contribution < -0.4 is 0 Å². The molecule has 7 heteroatoms. The molecule has 0 atom stereocenters. The Balaban J connectivity index is 1.23. The normalized spacial score (nSPS) is 11.8. The van der Waals surface area contributed by atoms with Crippen molar-refractivity contribution in [3.63, 3.8) is 0 Å². The molecule has 0 saturated heterocycles. The van der Waals surface area contributed by atoms with E-state index in [1.54, 1.807) is 11.3 Å². The van der Waals surface area contributed by atoms with Crippen LogP contribution in [0.4, 0.5) is 0 Å². The van der Waals surface area contributed by atoms with E-state index in [0.29, 0.717) is 17.5 Å². The molecule has 220 valence electrons. The second kappa shape index (κ2) is 10.4. The molecule has 4 heterocycles. The Morgan fingerprint density at radius 1 is 0.426 bits per heavy atom. The summed E-state index contributed by atoms with van der Waals surface area (Å²) in [4.78, 5) is 23.9. The molecule has 0 spiro atoms. The van der Waals surface area contributed by atoms with Gasteiger partial charge in [-0.2, -0.15) is 0 Å². The van der Waals surface area contributed by atoms with Crippen LogP contribution in [0.5, 0.6) is 0 Å². The average Bonchev–Trinajstić information content (AvgIpc) is 3.84. The number of thiophene rings is 2. The molecule has 0 aliphatic carbocycles. The van der Waals surface area contributed by atoms with E-state index in [9.17, 15) is 0 Å². The van der Waals surface area contributed by atoms with Crippen molar-refractivity contribution in [2.45, 2.75) is 0 Å². The molecular weight excluding hydrogens is 615 g/mol. The lowest BCUT2D eigenvalue weighted by atomic mass is 10.0. The van der Waals surface area contributed by atoms with Crippen LogP contribution in [0.3, 0.4) is 0 Å². The fourth-order valence-corrected chi connectivity index (χ4v) is 8.78. The van der Waals surface area contributed by atoms with E-state index < -0.39 is 0 Å². The van der Waals surface area contributed by atoms with Crippen molar-refractivity contribution in [1.29, 1.82) is 0 Å². The first kappa shape index (κ1) is 26.5. The van der Waals surface area contributed by atoms with Gasteiger partial charge in [0.2, 0.25) is 0 Å². The predicted octanol–water partition coefficient (Wildman–Crippen LogP) is 11.2. The van der Waals surface area contributed by atoms with Crippen LogP contribution in [0.25, 0.3) is 96.9 Å². The lowest BCUT2D eigenvalue weighted by molar-refractivity contribution is 1.08. The van der Waals surface area contributed by atoms with Crippen LogP contribution in [-0.4, -0.2) is 24.9 Å². The molecule has 0 amide bonds. The van der Waals surface area contributed by atoms with Gasteiger partial charge in [0.15, 0.2) is 17.5 Å². The molecule has 10 aromatic rings. The summed E-state index contributed by atoms with van der Waals surface area (Å²) in [6, 6.07) is 46.3. The third kappa shape index (κ3) is 4.28. The van der Waals surface area contributed by atoms with Gasteiger partial charge in [0.25, 0.3) is 0 Å². The summed E-state index contributed by atoms with van der Waals surface area (Å²) >= 11 is 3.59. The fourth-order valence-electron chi connectivity index (χ4n) is 6.54. The zero-order valence-electron chi connectivity index (χ0n) is 24.8. The lowest BCUT2D eigenvalue weighted by Crippen LogP contribution is -2.00. The van der Waals surface area contributed by atoms with E-state index >= 15 is 0 Å². The largest absolute Gasteiger partial charge is 0.338 e. The summed E-state index contributed by atoms with van der Waals surface area (Å²) in [6.45, 7) is 0. The van der Waals surface area contributed by atoms with Crippen LogP contribution in [0.2, 0.25) is 0 Å². The number of imidazole rings is 1. The van der Waals surface area contributed by atoms with Gasteiger partial charge in [0.1, 0.15) is 5.82 Å². The minimum absolute atomic E-state index is 0.647. The van der Waals surface area contributed by atoms with Gasteiger partial charge in [-0.25, -0.2) is 19.9 Å². The number of para-hydroxylation sites is 2. The Morgan fingerprint density at radius 2 is 1.06 bits per heavy atom. The van der Waals surface area contributed by atoms with Crippen molar-refractivity contribution in [1.82, 2.24) is 24.9 Å². The monoisotopic (exact) mass is 637 g/mol. The summed E-state index contributed by atoms with van der Waals surface area (Å²) < 4.78 is 4.89. The maximum Gasteiger partial charge on any atom is 0.164 e. The Kier molecular flexibility index (Phi) is 5.85. The average molecular weight is 638 g/mol. The summed E-state index contributed by atoms with van der Waals surface area (Å²) in [5.74, 6) is 2.80. The molecule has 1 N–H and O–H groups in total. The third-order valence-corrected chi connectivity index (χ3v) is 11.0. The Labute approximate surface area is 276 Å². The molecule has 6 aromatic carbocycles. The molecule has 0 saturated carbocycles. The van der Waals surface area contributed by atoms with Gasteiger partial charge in [-0.3, -0.25) is 0 Å². The van der Waals surface area contributed by atoms with Gasteiger partial charge in [-0.15, -0.1) is 22.7 Å². The van der Waals surface area contributed by atoms with Crippen molar-refractivity contribution >= 4 is 74.1 Å². The first-order valence-corrected chi connectivity index (χ1v) is 17.0. The van der Waals surface area contributed by atoms with Crippen LogP contribution in [0.1, 0.15) is 0 Å². The second-order valence-electron chi connectivity index (χ2n) is 11.5. The van der Waals surface area contributed by atoms with E-state index in [-0.39, 0.29) is 0 Å². The quantitative estimate of drug-likeness (QED) is 0.208. The highest BCUT2D eigenvalue weighted by Crippen LogP contribution is 2.44. The number of fused-ring (bicyclic) bond motifs is 7. The van der Waals surface area contributed by atoms with Gasteiger partial charge >= 0.3 is 0 Å². The number of benzene rings is 6. The minimum Gasteiger partial charge on any atom is -0.338 e. The van der Waals surface area contributed by atoms with Crippen molar-refractivity contribution < 1.29 is 0 Å². The molecule has 0 radical (unpaired) electrons. The SMILES string of the molecule is c1ccc(-c2nc(-c3ccc4sc5ccccc5c4c3)nc(-c3cccc4sc5cccc(-c6nc7ccccc7[nH]6)c5c34)n2)cc1. The number of aromatic amines is 1. The molecular formula is C40H23N5S2. The topological polar surface area (TPSA) is 67.3 Å². The van der Waals surface area contributed by atoms with Gasteiger partial charge in [-0.05, 0) is 48.5 Å². The molecule has 0 fully saturated rings. The Bertz CT molecular complexity index is 2780. The first-order chi connectivity index (χ1) is 23.3. The summed E-state index contributed by atoms with van der Waals surface area (Å²) in [7, 11) is 0. The third-order valence-electron chi connectivity index (χ3n) is 8.71. The van der Waals surface area contributed by atoms with Gasteiger partial charge in [-0.1, -0.05) is 84.9 Å². The fraction of sp³-hybridized carbons (Fsp3) is 0. The number of rotatable bonds is 4. The second-order valence-corrected chi connectivity index (χ2v) is 13.7. The van der Waals surface area contributed by atoms with Gasteiger partial charge < -0.3 is 4.98 Å². The number of hydrogen-bond donors (Lipinski definition) is 1. The van der Waals surface area contributed by atoms with Gasteiger partial charge in [0.05, 0.1) is 11.0 Å². The smallest absolute Gasteiger partial charge is 0.164 e. The van der Waals surface area contributed by atoms with Crippen molar-refractivity contribution in [3.05, 3.63) is 133 Å². The van der Waals surface area contributed by atoms with Crippen molar-refractivity contribution in [2.24, 2.45) is 0 Å². The van der Waals surface area contributed by atoms with Crippen molar-refractivity contribution in [3.8, 4) is 45.6 Å². The number of H-pyrrole nitrogens is 1. The van der Waals surface area contributed by atoms with E-state index in [1.165, 1.54) is 29.6 Å². The van der Waals surface area contributed by atoms with Gasteiger partial charge in [0, 0.05) is 62.6 Å². The molecule has 0 bridgehead atoms. The summed E-state index contributed by atoms with van der Waals surface area (Å²) in [5.41, 5.74) is 5.91. The standard InChI is InChI=1S/C40H23N5S2/c1-2-10-23(11-3-1)37-43-38(24-20-21-32-28(22-24)25-12-4-7-17-31(25)46-32)45-40(44-37)27-14-9-19-34-36(27)35-26(13-8-18-33(35)47-34)39-41-29-15-5-6-16-30(29)42-39/h1-22H,(H,41,42). The zero-order valence-corrected chi connectivity index (χ0v) is 26.4. The van der Waals surface area contributed by atoms with Crippen LogP contribution in [-0.2, 0) is 0 Å². The predicted molar refractivity (Wildman–Crippen MR) is 197 cm³/mol. The van der Waals surface area contributed by atoms with Crippen molar-refractivity contribution in [2.75, 3.05) is 0 Å². The lowest BCUT2D eigenvalue weighted by Gasteiger charge is -2.10. The van der Waals surface area contributed by atoms with E-state index in [2.05, 4.69) is 102 Å².